The maximum absolute atomic E-state index is 5.68. The lowest BCUT2D eigenvalue weighted by atomic mass is 9.96. The third-order valence-corrected chi connectivity index (χ3v) is 2.81. The highest BCUT2D eigenvalue weighted by Crippen LogP contribution is 2.24. The van der Waals surface area contributed by atoms with Gasteiger partial charge >= 0.3 is 0 Å². The van der Waals surface area contributed by atoms with E-state index in [1.807, 2.05) is 0 Å². The Morgan fingerprint density at radius 1 is 1.50 bits per heavy atom. The van der Waals surface area contributed by atoms with Crippen molar-refractivity contribution in [3.05, 3.63) is 24.3 Å². The van der Waals surface area contributed by atoms with Gasteiger partial charge in [-0.05, 0) is 31.3 Å². The van der Waals surface area contributed by atoms with Crippen LogP contribution in [-0.2, 0) is 4.74 Å². The van der Waals surface area contributed by atoms with Gasteiger partial charge < -0.3 is 4.74 Å². The van der Waals surface area contributed by atoms with Crippen molar-refractivity contribution in [1.82, 2.24) is 0 Å². The van der Waals surface area contributed by atoms with Gasteiger partial charge in [0.2, 0.25) is 0 Å². The van der Waals surface area contributed by atoms with E-state index in [2.05, 4.69) is 20.1 Å². The highest BCUT2D eigenvalue weighted by Gasteiger charge is 2.18. The second-order valence-corrected chi connectivity index (χ2v) is 4.18. The van der Waals surface area contributed by atoms with Crippen molar-refractivity contribution >= 4 is 0 Å². The van der Waals surface area contributed by atoms with Gasteiger partial charge in [-0.25, -0.2) is 0 Å². The van der Waals surface area contributed by atoms with Crippen molar-refractivity contribution in [2.45, 2.75) is 51.6 Å². The smallest absolute Gasteiger partial charge is 0.0819 e. The molecule has 0 amide bonds. The van der Waals surface area contributed by atoms with Crippen LogP contribution in [0, 0.1) is 0 Å². The average Bonchev–Trinajstić information content (AvgIpc) is 2.18. The molecule has 0 bridgehead atoms. The number of hydrogen-bond acceptors (Lipinski definition) is 1. The molecule has 1 heteroatoms. The summed E-state index contributed by atoms with van der Waals surface area (Å²) in [6, 6.07) is 0. The number of ether oxygens (including phenoxy) is 1. The highest BCUT2D eigenvalue weighted by molar-refractivity contribution is 5.11. The van der Waals surface area contributed by atoms with Crippen molar-refractivity contribution in [3.63, 3.8) is 0 Å². The summed E-state index contributed by atoms with van der Waals surface area (Å²) in [6.45, 7) is 11.2. The van der Waals surface area contributed by atoms with Crippen molar-refractivity contribution in [2.75, 3.05) is 6.61 Å². The first-order valence-electron chi connectivity index (χ1n) is 5.70. The quantitative estimate of drug-likeness (QED) is 0.477. The van der Waals surface area contributed by atoms with Crippen molar-refractivity contribution in [3.8, 4) is 0 Å². The monoisotopic (exact) mass is 194 g/mol. The Labute approximate surface area is 87.8 Å². The van der Waals surface area contributed by atoms with Gasteiger partial charge in [0.25, 0.3) is 0 Å². The first-order chi connectivity index (χ1) is 6.74. The van der Waals surface area contributed by atoms with E-state index < -0.39 is 0 Å². The summed E-state index contributed by atoms with van der Waals surface area (Å²) >= 11 is 0. The molecule has 1 saturated heterocycles. The SMILES string of the molecule is C=C1CCOC(C(=C)CCCCC)C1. The molecule has 0 aliphatic carbocycles. The van der Waals surface area contributed by atoms with Gasteiger partial charge in [0, 0.05) is 0 Å². The molecule has 0 spiro atoms. The lowest BCUT2D eigenvalue weighted by Crippen LogP contribution is -2.22. The van der Waals surface area contributed by atoms with Crippen molar-refractivity contribution < 1.29 is 4.74 Å². The predicted octanol–water partition coefficient (Wildman–Crippen LogP) is 3.86. The van der Waals surface area contributed by atoms with Crippen LogP contribution < -0.4 is 0 Å². The van der Waals surface area contributed by atoms with Crippen LogP contribution in [0.1, 0.15) is 45.4 Å². The standard InChI is InChI=1S/C13H22O/c1-4-5-6-7-12(3)13-10-11(2)8-9-14-13/h13H,2-10H2,1H3. The Hall–Kier alpha value is -0.560. The van der Waals surface area contributed by atoms with Crippen LogP contribution in [0.4, 0.5) is 0 Å². The maximum atomic E-state index is 5.68. The summed E-state index contributed by atoms with van der Waals surface area (Å²) in [6.07, 6.45) is 7.21. The van der Waals surface area contributed by atoms with E-state index in [1.54, 1.807) is 0 Å². The summed E-state index contributed by atoms with van der Waals surface area (Å²) < 4.78 is 5.68. The van der Waals surface area contributed by atoms with Crippen LogP contribution in [0.3, 0.4) is 0 Å². The number of rotatable bonds is 5. The van der Waals surface area contributed by atoms with Crippen LogP contribution >= 0.6 is 0 Å². The molecule has 1 atom stereocenters. The molecule has 1 heterocycles. The molecule has 80 valence electrons. The molecule has 1 rings (SSSR count). The topological polar surface area (TPSA) is 9.23 Å². The fourth-order valence-corrected chi connectivity index (χ4v) is 1.79. The molecule has 1 aliphatic heterocycles. The Kier molecular flexibility index (Phi) is 4.95. The molecule has 0 N–H and O–H groups in total. The van der Waals surface area contributed by atoms with Crippen LogP contribution in [0.15, 0.2) is 24.3 Å². The molecule has 1 fully saturated rings. The molecular formula is C13H22O. The molecular weight excluding hydrogens is 172 g/mol. The first kappa shape index (κ1) is 11.5. The van der Waals surface area contributed by atoms with Gasteiger partial charge in [-0.15, -0.1) is 0 Å². The summed E-state index contributed by atoms with van der Waals surface area (Å²) in [7, 11) is 0. The zero-order chi connectivity index (χ0) is 10.4. The van der Waals surface area contributed by atoms with E-state index in [-0.39, 0.29) is 6.10 Å². The predicted molar refractivity (Wildman–Crippen MR) is 61.4 cm³/mol. The molecule has 0 aromatic heterocycles. The Morgan fingerprint density at radius 3 is 2.93 bits per heavy atom. The fourth-order valence-electron chi connectivity index (χ4n) is 1.79. The van der Waals surface area contributed by atoms with Crippen LogP contribution in [-0.4, -0.2) is 12.7 Å². The molecule has 0 saturated carbocycles. The molecule has 1 unspecified atom stereocenters. The fraction of sp³-hybridized carbons (Fsp3) is 0.692. The van der Waals surface area contributed by atoms with Gasteiger partial charge in [0.15, 0.2) is 0 Å². The van der Waals surface area contributed by atoms with Crippen molar-refractivity contribution in [1.29, 1.82) is 0 Å². The summed E-state index contributed by atoms with van der Waals surface area (Å²) in [5.41, 5.74) is 2.58. The molecule has 14 heavy (non-hydrogen) atoms. The maximum Gasteiger partial charge on any atom is 0.0819 e. The minimum atomic E-state index is 0.258. The molecule has 1 aliphatic rings. The summed E-state index contributed by atoms with van der Waals surface area (Å²) in [5, 5.41) is 0. The van der Waals surface area contributed by atoms with Gasteiger partial charge in [-0.3, -0.25) is 0 Å². The molecule has 1 nitrogen and oxygen atoms in total. The molecule has 0 radical (unpaired) electrons. The van der Waals surface area contributed by atoms with Gasteiger partial charge in [0.05, 0.1) is 12.7 Å². The second-order valence-electron chi connectivity index (χ2n) is 4.18. The van der Waals surface area contributed by atoms with Crippen LogP contribution in [0.25, 0.3) is 0 Å². The Morgan fingerprint density at radius 2 is 2.29 bits per heavy atom. The Bertz CT molecular complexity index is 205. The third kappa shape index (κ3) is 3.67. The van der Waals surface area contributed by atoms with E-state index in [0.717, 1.165) is 25.9 Å². The van der Waals surface area contributed by atoms with Gasteiger partial charge in [0.1, 0.15) is 0 Å². The first-order valence-corrected chi connectivity index (χ1v) is 5.70. The highest BCUT2D eigenvalue weighted by atomic mass is 16.5. The molecule has 0 aromatic rings. The minimum Gasteiger partial charge on any atom is -0.373 e. The number of unbranched alkanes of at least 4 members (excludes halogenated alkanes) is 2. The largest absolute Gasteiger partial charge is 0.373 e. The second kappa shape index (κ2) is 6.02. The third-order valence-electron chi connectivity index (χ3n) is 2.81. The zero-order valence-electron chi connectivity index (χ0n) is 9.35. The van der Waals surface area contributed by atoms with Crippen molar-refractivity contribution in [2.24, 2.45) is 0 Å². The van der Waals surface area contributed by atoms with E-state index in [4.69, 9.17) is 4.74 Å². The normalized spacial score (nSPS) is 22.4. The lowest BCUT2D eigenvalue weighted by Gasteiger charge is -2.26. The van der Waals surface area contributed by atoms with Gasteiger partial charge in [-0.2, -0.15) is 0 Å². The van der Waals surface area contributed by atoms with Crippen LogP contribution in [0.5, 0.6) is 0 Å². The van der Waals surface area contributed by atoms with E-state index >= 15 is 0 Å². The minimum absolute atomic E-state index is 0.258. The van der Waals surface area contributed by atoms with Crippen LogP contribution in [0.2, 0.25) is 0 Å². The average molecular weight is 194 g/mol. The van der Waals surface area contributed by atoms with Gasteiger partial charge in [-0.1, -0.05) is 38.5 Å². The number of hydrogen-bond donors (Lipinski definition) is 0. The van der Waals surface area contributed by atoms with E-state index in [0.29, 0.717) is 0 Å². The summed E-state index contributed by atoms with van der Waals surface area (Å²) in [4.78, 5) is 0. The lowest BCUT2D eigenvalue weighted by molar-refractivity contribution is 0.0580. The van der Waals surface area contributed by atoms with E-state index in [9.17, 15) is 0 Å². The summed E-state index contributed by atoms with van der Waals surface area (Å²) in [5.74, 6) is 0. The Balaban J connectivity index is 2.25. The molecule has 0 aromatic carbocycles. The van der Waals surface area contributed by atoms with E-state index in [1.165, 1.54) is 30.4 Å². The zero-order valence-corrected chi connectivity index (χ0v) is 9.35.